The molecule has 0 aromatic carbocycles. The van der Waals surface area contributed by atoms with Crippen molar-refractivity contribution in [3.63, 3.8) is 0 Å². The second kappa shape index (κ2) is 5.46. The number of nitrogens with zero attached hydrogens (tertiary/aromatic N) is 2. The van der Waals surface area contributed by atoms with Crippen LogP contribution in [0, 0.1) is 5.92 Å². The third kappa shape index (κ3) is 2.27. The molecule has 1 aromatic rings. The molecule has 1 aliphatic carbocycles. The Morgan fingerprint density at radius 3 is 3.00 bits per heavy atom. The lowest BCUT2D eigenvalue weighted by Crippen LogP contribution is -2.46. The minimum atomic E-state index is -3.45. The van der Waals surface area contributed by atoms with Crippen LogP contribution in [0.25, 0.3) is 0 Å². The van der Waals surface area contributed by atoms with E-state index in [0.717, 1.165) is 19.3 Å². The molecule has 2 heterocycles. The van der Waals surface area contributed by atoms with Crippen molar-refractivity contribution < 1.29 is 8.42 Å². The van der Waals surface area contributed by atoms with Gasteiger partial charge in [0, 0.05) is 24.7 Å². The molecular formula is C13H22N4O2S. The summed E-state index contributed by atoms with van der Waals surface area (Å²) in [5, 5.41) is 9.86. The summed E-state index contributed by atoms with van der Waals surface area (Å²) in [4.78, 5) is 0. The third-order valence-electron chi connectivity index (χ3n) is 4.55. The van der Waals surface area contributed by atoms with Crippen molar-refractivity contribution in [2.45, 2.75) is 49.7 Å². The first-order valence-electron chi connectivity index (χ1n) is 7.33. The summed E-state index contributed by atoms with van der Waals surface area (Å²) in [6.07, 6.45) is 7.05. The quantitative estimate of drug-likeness (QED) is 0.872. The highest BCUT2D eigenvalue weighted by Crippen LogP contribution is 2.39. The number of fused-ring (bicyclic) bond motifs is 1. The molecule has 2 aliphatic rings. The maximum atomic E-state index is 12.9. The minimum Gasteiger partial charge on any atom is -0.316 e. The Labute approximate surface area is 120 Å². The first-order chi connectivity index (χ1) is 9.64. The zero-order valence-electron chi connectivity index (χ0n) is 11.8. The summed E-state index contributed by atoms with van der Waals surface area (Å²) >= 11 is 0. The summed E-state index contributed by atoms with van der Waals surface area (Å²) in [5.41, 5.74) is 0.715. The number of nitrogens with one attached hydrogen (secondary N) is 2. The Balaban J connectivity index is 1.92. The van der Waals surface area contributed by atoms with Gasteiger partial charge in [-0.25, -0.2) is 8.42 Å². The SMILES string of the molecule is CNCc1cn[nH]c1S(=O)(=O)N1CCCC2CCCC21. The van der Waals surface area contributed by atoms with E-state index in [1.165, 1.54) is 12.8 Å². The monoisotopic (exact) mass is 298 g/mol. The average molecular weight is 298 g/mol. The molecule has 6 nitrogen and oxygen atoms in total. The number of hydrogen-bond donors (Lipinski definition) is 2. The highest BCUT2D eigenvalue weighted by molar-refractivity contribution is 7.89. The predicted octanol–water partition coefficient (Wildman–Crippen LogP) is 1.08. The molecule has 3 rings (SSSR count). The van der Waals surface area contributed by atoms with Crippen molar-refractivity contribution in [3.05, 3.63) is 11.8 Å². The normalized spacial score (nSPS) is 27.6. The van der Waals surface area contributed by atoms with Crippen molar-refractivity contribution in [2.24, 2.45) is 5.92 Å². The fourth-order valence-electron chi connectivity index (χ4n) is 3.66. The zero-order chi connectivity index (χ0) is 14.2. The van der Waals surface area contributed by atoms with E-state index >= 15 is 0 Å². The van der Waals surface area contributed by atoms with Gasteiger partial charge in [-0.1, -0.05) is 6.42 Å². The fraction of sp³-hybridized carbons (Fsp3) is 0.769. The lowest BCUT2D eigenvalue weighted by molar-refractivity contribution is 0.201. The van der Waals surface area contributed by atoms with E-state index in [1.807, 2.05) is 0 Å². The summed E-state index contributed by atoms with van der Waals surface area (Å²) in [7, 11) is -1.65. The zero-order valence-corrected chi connectivity index (χ0v) is 12.6. The molecule has 2 unspecified atom stereocenters. The summed E-state index contributed by atoms with van der Waals surface area (Å²) in [6, 6.07) is 0.194. The minimum absolute atomic E-state index is 0.194. The third-order valence-corrected chi connectivity index (χ3v) is 6.49. The van der Waals surface area contributed by atoms with E-state index in [4.69, 9.17) is 0 Å². The van der Waals surface area contributed by atoms with E-state index in [0.29, 0.717) is 24.6 Å². The van der Waals surface area contributed by atoms with Gasteiger partial charge in [-0.2, -0.15) is 9.40 Å². The van der Waals surface area contributed by atoms with Gasteiger partial charge in [-0.05, 0) is 38.6 Å². The molecule has 0 amide bonds. The molecule has 20 heavy (non-hydrogen) atoms. The van der Waals surface area contributed by atoms with Crippen molar-refractivity contribution in [1.82, 2.24) is 19.8 Å². The van der Waals surface area contributed by atoms with E-state index in [1.54, 1.807) is 17.5 Å². The van der Waals surface area contributed by atoms with Crippen LogP contribution in [0.2, 0.25) is 0 Å². The Bertz CT molecular complexity index is 569. The van der Waals surface area contributed by atoms with Crippen LogP contribution in [0.5, 0.6) is 0 Å². The van der Waals surface area contributed by atoms with Crippen LogP contribution in [0.4, 0.5) is 0 Å². The first kappa shape index (κ1) is 14.0. The van der Waals surface area contributed by atoms with E-state index in [2.05, 4.69) is 15.5 Å². The second-order valence-corrected chi connectivity index (χ2v) is 7.60. The molecule has 0 radical (unpaired) electrons. The second-order valence-electron chi connectivity index (χ2n) is 5.77. The van der Waals surface area contributed by atoms with Crippen molar-refractivity contribution in [2.75, 3.05) is 13.6 Å². The predicted molar refractivity (Wildman–Crippen MR) is 75.6 cm³/mol. The molecule has 2 N–H and O–H groups in total. The maximum absolute atomic E-state index is 12.9. The van der Waals surface area contributed by atoms with Crippen LogP contribution in [-0.4, -0.2) is 42.6 Å². The van der Waals surface area contributed by atoms with Crippen LogP contribution >= 0.6 is 0 Å². The highest BCUT2D eigenvalue weighted by atomic mass is 32.2. The number of H-pyrrole nitrogens is 1. The molecular weight excluding hydrogens is 276 g/mol. The van der Waals surface area contributed by atoms with Crippen LogP contribution in [-0.2, 0) is 16.6 Å². The number of rotatable bonds is 4. The number of aromatic amines is 1. The van der Waals surface area contributed by atoms with Gasteiger partial charge in [0.2, 0.25) is 0 Å². The molecule has 1 saturated carbocycles. The maximum Gasteiger partial charge on any atom is 0.260 e. The van der Waals surface area contributed by atoms with Gasteiger partial charge in [0.05, 0.1) is 6.20 Å². The van der Waals surface area contributed by atoms with Gasteiger partial charge >= 0.3 is 0 Å². The first-order valence-corrected chi connectivity index (χ1v) is 8.77. The highest BCUT2D eigenvalue weighted by Gasteiger charge is 2.42. The molecule has 1 aliphatic heterocycles. The van der Waals surface area contributed by atoms with Gasteiger partial charge in [0.25, 0.3) is 10.0 Å². The van der Waals surface area contributed by atoms with Crippen LogP contribution < -0.4 is 5.32 Å². The lowest BCUT2D eigenvalue weighted by atomic mass is 9.94. The molecule has 2 atom stereocenters. The van der Waals surface area contributed by atoms with Crippen LogP contribution in [0.15, 0.2) is 11.2 Å². The largest absolute Gasteiger partial charge is 0.316 e. The van der Waals surface area contributed by atoms with Gasteiger partial charge < -0.3 is 5.32 Å². The number of sulfonamides is 1. The number of piperidine rings is 1. The van der Waals surface area contributed by atoms with Gasteiger partial charge in [-0.3, -0.25) is 5.10 Å². The van der Waals surface area contributed by atoms with E-state index < -0.39 is 10.0 Å². The molecule has 112 valence electrons. The summed E-state index contributed by atoms with van der Waals surface area (Å²) < 4.78 is 27.6. The topological polar surface area (TPSA) is 78.1 Å². The van der Waals surface area contributed by atoms with Crippen molar-refractivity contribution in [3.8, 4) is 0 Å². The number of hydrogen-bond acceptors (Lipinski definition) is 4. The van der Waals surface area contributed by atoms with Crippen molar-refractivity contribution in [1.29, 1.82) is 0 Å². The summed E-state index contributed by atoms with van der Waals surface area (Å²) in [6.45, 7) is 1.15. The Hall–Kier alpha value is -0.920. The molecule has 0 spiro atoms. The molecule has 0 bridgehead atoms. The number of aromatic nitrogens is 2. The average Bonchev–Trinajstić information content (AvgIpc) is 3.06. The molecule has 7 heteroatoms. The van der Waals surface area contributed by atoms with Gasteiger partial charge in [0.1, 0.15) is 0 Å². The van der Waals surface area contributed by atoms with E-state index in [-0.39, 0.29) is 11.1 Å². The molecule has 1 aromatic heterocycles. The molecule has 1 saturated heterocycles. The molecule has 2 fully saturated rings. The van der Waals surface area contributed by atoms with E-state index in [9.17, 15) is 8.42 Å². The summed E-state index contributed by atoms with van der Waals surface area (Å²) in [5.74, 6) is 0.550. The lowest BCUT2D eigenvalue weighted by Gasteiger charge is -2.36. The van der Waals surface area contributed by atoms with Crippen molar-refractivity contribution >= 4 is 10.0 Å². The fourth-order valence-corrected chi connectivity index (χ4v) is 5.53. The van der Waals surface area contributed by atoms with Crippen LogP contribution in [0.1, 0.15) is 37.7 Å². The Morgan fingerprint density at radius 2 is 2.20 bits per heavy atom. The van der Waals surface area contributed by atoms with Gasteiger partial charge in [-0.15, -0.1) is 0 Å². The smallest absolute Gasteiger partial charge is 0.260 e. The Morgan fingerprint density at radius 1 is 1.40 bits per heavy atom. The van der Waals surface area contributed by atoms with Gasteiger partial charge in [0.15, 0.2) is 5.03 Å². The Kier molecular flexibility index (Phi) is 3.83. The standard InChI is InChI=1S/C13H22N4O2S/c1-14-8-11-9-15-16-13(11)20(18,19)17-7-3-5-10-4-2-6-12(10)17/h9-10,12,14H,2-8H2,1H3,(H,15,16). The van der Waals surface area contributed by atoms with Crippen LogP contribution in [0.3, 0.4) is 0 Å².